The van der Waals surface area contributed by atoms with Crippen molar-refractivity contribution in [2.24, 2.45) is 0 Å². The monoisotopic (exact) mass is 143 g/mol. The van der Waals surface area contributed by atoms with Crippen molar-refractivity contribution in [1.29, 1.82) is 0 Å². The van der Waals surface area contributed by atoms with E-state index >= 15 is 0 Å². The smallest absolute Gasteiger partial charge is 0.165 e. The van der Waals surface area contributed by atoms with E-state index in [0.717, 1.165) is 0 Å². The average molecular weight is 143 g/mol. The SMILES string of the molecule is C=C(C=O)N(CC)CCO. The van der Waals surface area contributed by atoms with Crippen LogP contribution in [0.3, 0.4) is 0 Å². The lowest BCUT2D eigenvalue weighted by molar-refractivity contribution is -0.106. The summed E-state index contributed by atoms with van der Waals surface area (Å²) in [4.78, 5) is 11.9. The Balaban J connectivity index is 3.79. The Hall–Kier alpha value is -0.830. The van der Waals surface area contributed by atoms with Crippen LogP contribution in [-0.2, 0) is 4.79 Å². The van der Waals surface area contributed by atoms with Crippen LogP contribution in [0.25, 0.3) is 0 Å². The van der Waals surface area contributed by atoms with Crippen LogP contribution >= 0.6 is 0 Å². The summed E-state index contributed by atoms with van der Waals surface area (Å²) in [5.74, 6) is 0. The molecule has 0 aliphatic heterocycles. The van der Waals surface area contributed by atoms with E-state index in [9.17, 15) is 4.79 Å². The van der Waals surface area contributed by atoms with E-state index < -0.39 is 0 Å². The third-order valence-corrected chi connectivity index (χ3v) is 1.29. The van der Waals surface area contributed by atoms with Gasteiger partial charge < -0.3 is 10.0 Å². The zero-order valence-corrected chi connectivity index (χ0v) is 6.21. The Kier molecular flexibility index (Phi) is 4.58. The molecule has 0 atom stereocenters. The maximum absolute atomic E-state index is 10.2. The van der Waals surface area contributed by atoms with Crippen LogP contribution in [0.5, 0.6) is 0 Å². The van der Waals surface area contributed by atoms with Crippen molar-refractivity contribution in [1.82, 2.24) is 4.90 Å². The first kappa shape index (κ1) is 9.17. The first-order valence-corrected chi connectivity index (χ1v) is 3.26. The second kappa shape index (κ2) is 4.99. The second-order valence-corrected chi connectivity index (χ2v) is 1.91. The molecule has 3 nitrogen and oxygen atoms in total. The van der Waals surface area contributed by atoms with Crippen molar-refractivity contribution < 1.29 is 9.90 Å². The third kappa shape index (κ3) is 2.64. The van der Waals surface area contributed by atoms with Gasteiger partial charge in [-0.3, -0.25) is 4.79 Å². The number of carbonyl (C=O) groups excluding carboxylic acids is 1. The van der Waals surface area contributed by atoms with Gasteiger partial charge in [0.2, 0.25) is 0 Å². The lowest BCUT2D eigenvalue weighted by atomic mass is 10.4. The highest BCUT2D eigenvalue weighted by Gasteiger charge is 2.01. The number of carbonyl (C=O) groups is 1. The quantitative estimate of drug-likeness (QED) is 0.435. The number of likely N-dealkylation sites (N-methyl/N-ethyl adjacent to an activating group) is 1. The van der Waals surface area contributed by atoms with E-state index in [1.807, 2.05) is 6.92 Å². The summed E-state index contributed by atoms with van der Waals surface area (Å²) in [5, 5.41) is 8.51. The fourth-order valence-electron chi connectivity index (χ4n) is 0.700. The molecule has 0 aliphatic carbocycles. The molecule has 0 radical (unpaired) electrons. The summed E-state index contributed by atoms with van der Waals surface area (Å²) < 4.78 is 0. The van der Waals surface area contributed by atoms with Crippen LogP contribution in [-0.4, -0.2) is 36.0 Å². The Morgan fingerprint density at radius 3 is 2.70 bits per heavy atom. The van der Waals surface area contributed by atoms with Crippen LogP contribution in [0, 0.1) is 0 Å². The Labute approximate surface area is 61.0 Å². The number of hydrogen-bond donors (Lipinski definition) is 1. The summed E-state index contributed by atoms with van der Waals surface area (Å²) in [6.07, 6.45) is 0.694. The van der Waals surface area contributed by atoms with Crippen LogP contribution in [0.4, 0.5) is 0 Å². The number of allylic oxidation sites excluding steroid dienone is 1. The van der Waals surface area contributed by atoms with Crippen LogP contribution < -0.4 is 0 Å². The highest BCUT2D eigenvalue weighted by atomic mass is 16.3. The lowest BCUT2D eigenvalue weighted by Gasteiger charge is -2.19. The van der Waals surface area contributed by atoms with Gasteiger partial charge in [-0.15, -0.1) is 0 Å². The maximum Gasteiger partial charge on any atom is 0.165 e. The minimum absolute atomic E-state index is 0.0562. The number of aldehydes is 1. The van der Waals surface area contributed by atoms with E-state index in [0.29, 0.717) is 25.1 Å². The highest BCUT2D eigenvalue weighted by molar-refractivity contribution is 5.71. The zero-order chi connectivity index (χ0) is 7.98. The molecule has 0 spiro atoms. The molecular formula is C7H13NO2. The summed E-state index contributed by atoms with van der Waals surface area (Å²) in [7, 11) is 0. The molecule has 10 heavy (non-hydrogen) atoms. The lowest BCUT2D eigenvalue weighted by Crippen LogP contribution is -2.25. The van der Waals surface area contributed by atoms with Crippen LogP contribution in [0.1, 0.15) is 6.92 Å². The number of rotatable bonds is 5. The van der Waals surface area contributed by atoms with E-state index in [4.69, 9.17) is 5.11 Å². The predicted octanol–water partition coefficient (Wildman–Crippen LogP) is 0.0132. The molecule has 0 aromatic rings. The molecule has 0 aromatic carbocycles. The van der Waals surface area contributed by atoms with E-state index in [1.165, 1.54) is 0 Å². The molecular weight excluding hydrogens is 130 g/mol. The Bertz CT molecular complexity index is 123. The standard InChI is InChI=1S/C7H13NO2/c1-3-8(4-5-9)7(2)6-10/h6,9H,2-5H2,1H3. The molecule has 0 saturated carbocycles. The molecule has 1 N–H and O–H groups in total. The van der Waals surface area contributed by atoms with Crippen molar-refractivity contribution in [2.45, 2.75) is 6.92 Å². The van der Waals surface area contributed by atoms with E-state index in [1.54, 1.807) is 4.90 Å². The van der Waals surface area contributed by atoms with Crippen molar-refractivity contribution in [3.05, 3.63) is 12.3 Å². The fourth-order valence-corrected chi connectivity index (χ4v) is 0.700. The third-order valence-electron chi connectivity index (χ3n) is 1.29. The molecule has 0 unspecified atom stereocenters. The van der Waals surface area contributed by atoms with Crippen molar-refractivity contribution >= 4 is 6.29 Å². The Morgan fingerprint density at radius 2 is 2.40 bits per heavy atom. The molecule has 0 rings (SSSR count). The van der Waals surface area contributed by atoms with E-state index in [-0.39, 0.29) is 6.61 Å². The Morgan fingerprint density at radius 1 is 1.80 bits per heavy atom. The number of aliphatic hydroxyl groups excluding tert-OH is 1. The fraction of sp³-hybridized carbons (Fsp3) is 0.571. The molecule has 3 heteroatoms. The largest absolute Gasteiger partial charge is 0.395 e. The van der Waals surface area contributed by atoms with Gasteiger partial charge in [-0.25, -0.2) is 0 Å². The molecule has 0 amide bonds. The summed E-state index contributed by atoms with van der Waals surface area (Å²) >= 11 is 0. The van der Waals surface area contributed by atoms with Crippen LogP contribution in [0.15, 0.2) is 12.3 Å². The second-order valence-electron chi connectivity index (χ2n) is 1.91. The number of hydrogen-bond acceptors (Lipinski definition) is 3. The summed E-state index contributed by atoms with van der Waals surface area (Å²) in [5.41, 5.74) is 0.427. The first-order chi connectivity index (χ1) is 4.76. The maximum atomic E-state index is 10.2. The van der Waals surface area contributed by atoms with Crippen molar-refractivity contribution in [3.63, 3.8) is 0 Å². The topological polar surface area (TPSA) is 40.5 Å². The minimum atomic E-state index is 0.0562. The first-order valence-electron chi connectivity index (χ1n) is 3.26. The van der Waals surface area contributed by atoms with Gasteiger partial charge in [0, 0.05) is 13.1 Å². The summed E-state index contributed by atoms with van der Waals surface area (Å²) in [6.45, 7) is 6.66. The molecule has 58 valence electrons. The average Bonchev–Trinajstić information content (AvgIpc) is 1.99. The van der Waals surface area contributed by atoms with Gasteiger partial charge >= 0.3 is 0 Å². The molecule has 0 aliphatic rings. The molecule has 0 bridgehead atoms. The molecule has 0 fully saturated rings. The predicted molar refractivity (Wildman–Crippen MR) is 39.5 cm³/mol. The number of nitrogens with zero attached hydrogens (tertiary/aromatic N) is 1. The molecule has 0 heterocycles. The summed E-state index contributed by atoms with van der Waals surface area (Å²) in [6, 6.07) is 0. The van der Waals surface area contributed by atoms with Crippen molar-refractivity contribution in [3.8, 4) is 0 Å². The van der Waals surface area contributed by atoms with Gasteiger partial charge in [0.15, 0.2) is 6.29 Å². The minimum Gasteiger partial charge on any atom is -0.395 e. The van der Waals surface area contributed by atoms with Gasteiger partial charge in [-0.2, -0.15) is 0 Å². The van der Waals surface area contributed by atoms with Crippen LogP contribution in [0.2, 0.25) is 0 Å². The highest BCUT2D eigenvalue weighted by Crippen LogP contribution is 1.95. The van der Waals surface area contributed by atoms with Gasteiger partial charge in [0.1, 0.15) is 0 Å². The van der Waals surface area contributed by atoms with E-state index in [2.05, 4.69) is 6.58 Å². The van der Waals surface area contributed by atoms with Gasteiger partial charge in [-0.05, 0) is 6.92 Å². The van der Waals surface area contributed by atoms with Gasteiger partial charge in [-0.1, -0.05) is 6.58 Å². The molecule has 0 saturated heterocycles. The normalized spacial score (nSPS) is 9.00. The number of aliphatic hydroxyl groups is 1. The van der Waals surface area contributed by atoms with Gasteiger partial charge in [0.25, 0.3) is 0 Å². The molecule has 0 aromatic heterocycles. The zero-order valence-electron chi connectivity index (χ0n) is 6.21. The van der Waals surface area contributed by atoms with Gasteiger partial charge in [0.05, 0.1) is 12.3 Å². The van der Waals surface area contributed by atoms with Crippen molar-refractivity contribution in [2.75, 3.05) is 19.7 Å².